The largest absolute Gasteiger partial charge is 0.313 e. The van der Waals surface area contributed by atoms with Crippen molar-refractivity contribution in [1.29, 1.82) is 0 Å². The summed E-state index contributed by atoms with van der Waals surface area (Å²) in [5.41, 5.74) is 1.11. The van der Waals surface area contributed by atoms with Gasteiger partial charge in [-0.25, -0.2) is 4.98 Å². The molecule has 0 aliphatic carbocycles. The normalized spacial score (nSPS) is 12.7. The Morgan fingerprint density at radius 2 is 2.33 bits per heavy atom. The fraction of sp³-hybridized carbons (Fsp3) is 0.500. The van der Waals surface area contributed by atoms with Crippen LogP contribution in [-0.4, -0.2) is 27.7 Å². The lowest BCUT2D eigenvalue weighted by atomic mass is 10.3. The first-order valence-electron chi connectivity index (χ1n) is 4.79. The lowest BCUT2D eigenvalue weighted by Gasteiger charge is -2.03. The summed E-state index contributed by atoms with van der Waals surface area (Å²) in [6, 6.07) is 3.72. The summed E-state index contributed by atoms with van der Waals surface area (Å²) in [5, 5.41) is 3.77. The molecule has 0 saturated carbocycles. The molecule has 1 aromatic rings. The van der Waals surface area contributed by atoms with E-state index >= 15 is 0 Å². The first-order valence-corrected chi connectivity index (χ1v) is 6.90. The molecule has 1 unspecified atom stereocenters. The number of hydrogen-bond acceptors (Lipinski definition) is 3. The Balaban J connectivity index is 2.15. The molecule has 0 spiro atoms. The third kappa shape index (κ3) is 5.87. The molecule has 0 aromatic carbocycles. The van der Waals surface area contributed by atoms with E-state index in [0.29, 0.717) is 5.15 Å². The molecule has 0 fully saturated rings. The van der Waals surface area contributed by atoms with Crippen LogP contribution in [0.2, 0.25) is 5.15 Å². The van der Waals surface area contributed by atoms with E-state index in [-0.39, 0.29) is 0 Å². The van der Waals surface area contributed by atoms with Gasteiger partial charge in [0.2, 0.25) is 0 Å². The Morgan fingerprint density at radius 3 is 2.93 bits per heavy atom. The number of halogens is 1. The van der Waals surface area contributed by atoms with E-state index in [9.17, 15) is 4.21 Å². The van der Waals surface area contributed by atoms with Crippen LogP contribution in [0, 0.1) is 0 Å². The summed E-state index contributed by atoms with van der Waals surface area (Å²) in [5.74, 6) is 0.756. The Labute approximate surface area is 97.7 Å². The standard InChI is InChI=1S/C10H15ClN2OS/c1-15(14)6-2-5-12-7-9-3-4-10(11)13-8-9/h3-4,8,12H,2,5-7H2,1H3. The van der Waals surface area contributed by atoms with Gasteiger partial charge in [-0.05, 0) is 24.6 Å². The fourth-order valence-corrected chi connectivity index (χ4v) is 1.81. The van der Waals surface area contributed by atoms with E-state index in [1.807, 2.05) is 6.07 Å². The van der Waals surface area contributed by atoms with Gasteiger partial charge in [0.15, 0.2) is 0 Å². The van der Waals surface area contributed by atoms with E-state index < -0.39 is 10.8 Å². The summed E-state index contributed by atoms with van der Waals surface area (Å²) >= 11 is 5.66. The van der Waals surface area contributed by atoms with Gasteiger partial charge in [0.05, 0.1) is 0 Å². The van der Waals surface area contributed by atoms with E-state index in [1.54, 1.807) is 18.5 Å². The minimum Gasteiger partial charge on any atom is -0.313 e. The molecule has 0 radical (unpaired) electrons. The SMILES string of the molecule is CS(=O)CCCNCc1ccc(Cl)nc1. The van der Waals surface area contributed by atoms with Gasteiger partial charge in [-0.2, -0.15) is 0 Å². The quantitative estimate of drug-likeness (QED) is 0.612. The summed E-state index contributed by atoms with van der Waals surface area (Å²) in [6.45, 7) is 1.66. The van der Waals surface area contributed by atoms with Crippen molar-refractivity contribution in [2.24, 2.45) is 0 Å². The molecule has 5 heteroatoms. The number of rotatable bonds is 6. The lowest BCUT2D eigenvalue weighted by Crippen LogP contribution is -2.16. The van der Waals surface area contributed by atoms with Gasteiger partial charge in [0.1, 0.15) is 5.15 Å². The second-order valence-electron chi connectivity index (χ2n) is 3.30. The Kier molecular flexibility index (Phi) is 5.83. The molecule has 0 aliphatic heterocycles. The van der Waals surface area contributed by atoms with Crippen molar-refractivity contribution in [1.82, 2.24) is 10.3 Å². The minimum absolute atomic E-state index is 0.514. The van der Waals surface area contributed by atoms with Gasteiger partial charge >= 0.3 is 0 Å². The molecule has 1 atom stereocenters. The fourth-order valence-electron chi connectivity index (χ4n) is 1.14. The number of pyridine rings is 1. The van der Waals surface area contributed by atoms with Gasteiger partial charge in [0.25, 0.3) is 0 Å². The molecule has 1 N–H and O–H groups in total. The maximum Gasteiger partial charge on any atom is 0.129 e. The van der Waals surface area contributed by atoms with Crippen LogP contribution in [0.15, 0.2) is 18.3 Å². The smallest absolute Gasteiger partial charge is 0.129 e. The van der Waals surface area contributed by atoms with Crippen LogP contribution in [0.25, 0.3) is 0 Å². The number of nitrogens with zero attached hydrogens (tertiary/aromatic N) is 1. The van der Waals surface area contributed by atoms with Crippen molar-refractivity contribution in [3.8, 4) is 0 Å². The van der Waals surface area contributed by atoms with Gasteiger partial charge in [0, 0.05) is 35.5 Å². The molecule has 1 rings (SSSR count). The molecule has 0 saturated heterocycles. The van der Waals surface area contributed by atoms with E-state index in [1.165, 1.54) is 0 Å². The third-order valence-electron chi connectivity index (χ3n) is 1.90. The Bertz CT molecular complexity index is 316. The van der Waals surface area contributed by atoms with Crippen LogP contribution in [-0.2, 0) is 17.3 Å². The van der Waals surface area contributed by atoms with Crippen molar-refractivity contribution < 1.29 is 4.21 Å². The lowest BCUT2D eigenvalue weighted by molar-refractivity contribution is 0.661. The van der Waals surface area contributed by atoms with Crippen molar-refractivity contribution in [2.75, 3.05) is 18.6 Å². The van der Waals surface area contributed by atoms with E-state index in [2.05, 4.69) is 10.3 Å². The zero-order valence-corrected chi connectivity index (χ0v) is 10.3. The average molecular weight is 247 g/mol. The third-order valence-corrected chi connectivity index (χ3v) is 2.99. The monoisotopic (exact) mass is 246 g/mol. The topological polar surface area (TPSA) is 42.0 Å². The van der Waals surface area contributed by atoms with E-state index in [4.69, 9.17) is 11.6 Å². The molecular formula is C10H15ClN2OS. The Morgan fingerprint density at radius 1 is 1.53 bits per heavy atom. The highest BCUT2D eigenvalue weighted by molar-refractivity contribution is 7.84. The van der Waals surface area contributed by atoms with Crippen LogP contribution in [0.3, 0.4) is 0 Å². The second kappa shape index (κ2) is 6.93. The zero-order valence-electron chi connectivity index (χ0n) is 8.70. The molecular weight excluding hydrogens is 232 g/mol. The molecule has 1 aromatic heterocycles. The summed E-state index contributed by atoms with van der Waals surface area (Å²) in [6.07, 6.45) is 4.42. The molecule has 1 heterocycles. The summed E-state index contributed by atoms with van der Waals surface area (Å²) in [7, 11) is -0.686. The molecule has 3 nitrogen and oxygen atoms in total. The predicted octanol–water partition coefficient (Wildman–Crippen LogP) is 1.59. The van der Waals surface area contributed by atoms with Crippen molar-refractivity contribution >= 4 is 22.4 Å². The first-order chi connectivity index (χ1) is 7.18. The van der Waals surface area contributed by atoms with Crippen molar-refractivity contribution in [3.05, 3.63) is 29.0 Å². The van der Waals surface area contributed by atoms with Crippen LogP contribution >= 0.6 is 11.6 Å². The number of aromatic nitrogens is 1. The minimum atomic E-state index is -0.686. The maximum atomic E-state index is 10.8. The maximum absolute atomic E-state index is 10.8. The van der Waals surface area contributed by atoms with Crippen LogP contribution in [0.5, 0.6) is 0 Å². The van der Waals surface area contributed by atoms with Crippen molar-refractivity contribution in [2.45, 2.75) is 13.0 Å². The zero-order chi connectivity index (χ0) is 11.1. The van der Waals surface area contributed by atoms with Crippen molar-refractivity contribution in [3.63, 3.8) is 0 Å². The van der Waals surface area contributed by atoms with E-state index in [0.717, 1.165) is 30.8 Å². The second-order valence-corrected chi connectivity index (χ2v) is 5.24. The summed E-state index contributed by atoms with van der Waals surface area (Å²) < 4.78 is 10.8. The first kappa shape index (κ1) is 12.6. The highest BCUT2D eigenvalue weighted by Gasteiger charge is 1.94. The Hall–Kier alpha value is -0.450. The van der Waals surface area contributed by atoms with Gasteiger partial charge in [-0.15, -0.1) is 0 Å². The predicted molar refractivity (Wildman–Crippen MR) is 64.5 cm³/mol. The molecule has 84 valence electrons. The van der Waals surface area contributed by atoms with Crippen LogP contribution in [0.1, 0.15) is 12.0 Å². The average Bonchev–Trinajstić information content (AvgIpc) is 2.20. The molecule has 0 bridgehead atoms. The molecule has 15 heavy (non-hydrogen) atoms. The van der Waals surface area contributed by atoms with Gasteiger partial charge < -0.3 is 5.32 Å². The van der Waals surface area contributed by atoms with Crippen LogP contribution < -0.4 is 5.32 Å². The van der Waals surface area contributed by atoms with Crippen LogP contribution in [0.4, 0.5) is 0 Å². The number of nitrogens with one attached hydrogen (secondary N) is 1. The number of hydrogen-bond donors (Lipinski definition) is 1. The molecule has 0 amide bonds. The van der Waals surface area contributed by atoms with Gasteiger partial charge in [-0.1, -0.05) is 17.7 Å². The highest BCUT2D eigenvalue weighted by Crippen LogP contribution is 2.04. The summed E-state index contributed by atoms with van der Waals surface area (Å²) in [4.78, 5) is 3.98. The molecule has 0 aliphatic rings. The highest BCUT2D eigenvalue weighted by atomic mass is 35.5. The van der Waals surface area contributed by atoms with Gasteiger partial charge in [-0.3, -0.25) is 4.21 Å².